The van der Waals surface area contributed by atoms with Crippen molar-refractivity contribution in [3.63, 3.8) is 0 Å². The molecule has 0 heterocycles. The van der Waals surface area contributed by atoms with Gasteiger partial charge in [0.2, 0.25) is 0 Å². The lowest BCUT2D eigenvalue weighted by Crippen LogP contribution is -2.16. The number of hydrogen-bond donors (Lipinski definition) is 1. The van der Waals surface area contributed by atoms with E-state index >= 15 is 0 Å². The van der Waals surface area contributed by atoms with E-state index in [9.17, 15) is 0 Å². The van der Waals surface area contributed by atoms with Crippen LogP contribution in [-0.4, -0.2) is 20.8 Å². The van der Waals surface area contributed by atoms with Crippen LogP contribution in [0, 0.1) is 0 Å². The summed E-state index contributed by atoms with van der Waals surface area (Å²) in [6, 6.07) is 19.5. The minimum Gasteiger partial charge on any atom is -0.497 e. The third kappa shape index (κ3) is 6.30. The SMILES string of the molecule is COc1ccc(CCNCc2cc(Cl)c(OCc3ccc(Cl)cc3)c(OC)c2)cc1. The zero-order valence-electron chi connectivity index (χ0n) is 17.1. The Morgan fingerprint density at radius 1 is 0.800 bits per heavy atom. The van der Waals surface area contributed by atoms with Crippen molar-refractivity contribution in [1.29, 1.82) is 0 Å². The topological polar surface area (TPSA) is 39.7 Å². The van der Waals surface area contributed by atoms with Crippen molar-refractivity contribution in [3.8, 4) is 17.2 Å². The Morgan fingerprint density at radius 3 is 2.17 bits per heavy atom. The van der Waals surface area contributed by atoms with Crippen molar-refractivity contribution >= 4 is 23.2 Å². The molecule has 0 atom stereocenters. The molecule has 4 nitrogen and oxygen atoms in total. The first kappa shape index (κ1) is 22.3. The van der Waals surface area contributed by atoms with E-state index in [2.05, 4.69) is 17.4 Å². The Hall–Kier alpha value is -2.40. The van der Waals surface area contributed by atoms with Crippen molar-refractivity contribution in [2.24, 2.45) is 0 Å². The number of nitrogens with one attached hydrogen (secondary N) is 1. The molecule has 0 aliphatic rings. The summed E-state index contributed by atoms with van der Waals surface area (Å²) in [7, 11) is 3.28. The summed E-state index contributed by atoms with van der Waals surface area (Å²) in [5.41, 5.74) is 3.29. The Labute approximate surface area is 187 Å². The van der Waals surface area contributed by atoms with E-state index < -0.39 is 0 Å². The smallest absolute Gasteiger partial charge is 0.180 e. The summed E-state index contributed by atoms with van der Waals surface area (Å²) in [4.78, 5) is 0. The molecule has 0 saturated heterocycles. The van der Waals surface area contributed by atoms with Gasteiger partial charge in [0.1, 0.15) is 12.4 Å². The van der Waals surface area contributed by atoms with Gasteiger partial charge < -0.3 is 19.5 Å². The minimum absolute atomic E-state index is 0.382. The zero-order valence-corrected chi connectivity index (χ0v) is 18.6. The number of rotatable bonds is 10. The van der Waals surface area contributed by atoms with E-state index in [0.29, 0.717) is 34.7 Å². The fraction of sp³-hybridized carbons (Fsp3) is 0.250. The highest BCUT2D eigenvalue weighted by Crippen LogP contribution is 2.37. The predicted molar refractivity (Wildman–Crippen MR) is 122 cm³/mol. The summed E-state index contributed by atoms with van der Waals surface area (Å²) in [6.45, 7) is 1.91. The molecule has 0 aliphatic carbocycles. The van der Waals surface area contributed by atoms with Crippen molar-refractivity contribution in [1.82, 2.24) is 5.32 Å². The molecular weight excluding hydrogens is 421 g/mol. The minimum atomic E-state index is 0.382. The molecule has 3 rings (SSSR count). The first-order valence-electron chi connectivity index (χ1n) is 9.66. The van der Waals surface area contributed by atoms with Gasteiger partial charge in [-0.2, -0.15) is 0 Å². The van der Waals surface area contributed by atoms with Gasteiger partial charge in [-0.25, -0.2) is 0 Å². The molecule has 0 amide bonds. The van der Waals surface area contributed by atoms with E-state index in [-0.39, 0.29) is 0 Å². The summed E-state index contributed by atoms with van der Waals surface area (Å²) in [6.07, 6.45) is 0.928. The van der Waals surface area contributed by atoms with Crippen molar-refractivity contribution in [2.75, 3.05) is 20.8 Å². The van der Waals surface area contributed by atoms with Gasteiger partial charge in [-0.3, -0.25) is 0 Å². The largest absolute Gasteiger partial charge is 0.497 e. The molecule has 0 spiro atoms. The van der Waals surface area contributed by atoms with E-state index in [1.165, 1.54) is 5.56 Å². The van der Waals surface area contributed by atoms with Crippen LogP contribution in [0.2, 0.25) is 10.0 Å². The molecule has 0 aliphatic heterocycles. The van der Waals surface area contributed by atoms with Gasteiger partial charge >= 0.3 is 0 Å². The van der Waals surface area contributed by atoms with Gasteiger partial charge in [0.05, 0.1) is 19.2 Å². The molecule has 0 bridgehead atoms. The van der Waals surface area contributed by atoms with Gasteiger partial charge in [-0.05, 0) is 66.1 Å². The first-order chi connectivity index (χ1) is 14.6. The second-order valence-electron chi connectivity index (χ2n) is 6.80. The standard InChI is InChI=1S/C24H25Cl2NO3/c1-28-21-9-5-17(6-10-21)11-12-27-15-19-13-22(26)24(23(14-19)29-2)30-16-18-3-7-20(25)8-4-18/h3-10,13-14,27H,11-12,15-16H2,1-2H3. The predicted octanol–water partition coefficient (Wildman–Crippen LogP) is 5.92. The number of hydrogen-bond acceptors (Lipinski definition) is 4. The van der Waals surface area contributed by atoms with Crippen molar-refractivity contribution < 1.29 is 14.2 Å². The summed E-state index contributed by atoms with van der Waals surface area (Å²) in [5, 5.41) is 4.66. The van der Waals surface area contributed by atoms with Crippen LogP contribution in [0.4, 0.5) is 0 Å². The monoisotopic (exact) mass is 445 g/mol. The fourth-order valence-electron chi connectivity index (χ4n) is 3.01. The molecule has 0 aromatic heterocycles. The maximum absolute atomic E-state index is 6.48. The first-order valence-corrected chi connectivity index (χ1v) is 10.4. The van der Waals surface area contributed by atoms with E-state index in [1.54, 1.807) is 14.2 Å². The summed E-state index contributed by atoms with van der Waals surface area (Å²) < 4.78 is 16.6. The average Bonchev–Trinajstić information content (AvgIpc) is 2.77. The molecular formula is C24H25Cl2NO3. The lowest BCUT2D eigenvalue weighted by atomic mass is 10.1. The maximum atomic E-state index is 6.48. The third-order valence-corrected chi connectivity index (χ3v) is 5.20. The number of ether oxygens (including phenoxy) is 3. The Kier molecular flexibility index (Phi) is 8.26. The number of halogens is 2. The molecule has 0 radical (unpaired) electrons. The zero-order chi connectivity index (χ0) is 21.3. The van der Waals surface area contributed by atoms with Gasteiger partial charge in [-0.15, -0.1) is 0 Å². The van der Waals surface area contributed by atoms with Crippen LogP contribution in [0.3, 0.4) is 0 Å². The third-order valence-electron chi connectivity index (χ3n) is 4.66. The molecule has 0 saturated carbocycles. The van der Waals surface area contributed by atoms with Crippen LogP contribution in [0.25, 0.3) is 0 Å². The molecule has 0 unspecified atom stereocenters. The Morgan fingerprint density at radius 2 is 1.50 bits per heavy atom. The highest BCUT2D eigenvalue weighted by atomic mass is 35.5. The summed E-state index contributed by atoms with van der Waals surface area (Å²) in [5.74, 6) is 2.02. The van der Waals surface area contributed by atoms with Crippen LogP contribution in [0.1, 0.15) is 16.7 Å². The van der Waals surface area contributed by atoms with Gasteiger partial charge in [-0.1, -0.05) is 47.5 Å². The second kappa shape index (κ2) is 11.1. The average molecular weight is 446 g/mol. The molecule has 158 valence electrons. The second-order valence-corrected chi connectivity index (χ2v) is 7.64. The fourth-order valence-corrected chi connectivity index (χ4v) is 3.42. The van der Waals surface area contributed by atoms with E-state index in [1.807, 2.05) is 48.5 Å². The van der Waals surface area contributed by atoms with Crippen molar-refractivity contribution in [2.45, 2.75) is 19.6 Å². The van der Waals surface area contributed by atoms with E-state index in [0.717, 1.165) is 29.8 Å². The molecule has 1 N–H and O–H groups in total. The highest BCUT2D eigenvalue weighted by Gasteiger charge is 2.12. The van der Waals surface area contributed by atoms with Crippen LogP contribution < -0.4 is 19.5 Å². The summed E-state index contributed by atoms with van der Waals surface area (Å²) >= 11 is 12.4. The van der Waals surface area contributed by atoms with Crippen LogP contribution in [-0.2, 0) is 19.6 Å². The Balaban J connectivity index is 1.55. The normalized spacial score (nSPS) is 10.7. The van der Waals surface area contributed by atoms with Crippen molar-refractivity contribution in [3.05, 3.63) is 87.4 Å². The highest BCUT2D eigenvalue weighted by molar-refractivity contribution is 6.32. The lowest BCUT2D eigenvalue weighted by Gasteiger charge is -2.15. The number of benzene rings is 3. The molecule has 3 aromatic rings. The number of methoxy groups -OCH3 is 2. The van der Waals surface area contributed by atoms with E-state index in [4.69, 9.17) is 37.4 Å². The maximum Gasteiger partial charge on any atom is 0.180 e. The quantitative estimate of drug-likeness (QED) is 0.393. The molecule has 6 heteroatoms. The molecule has 3 aromatic carbocycles. The molecule has 0 fully saturated rings. The van der Waals surface area contributed by atoms with Crippen LogP contribution in [0.5, 0.6) is 17.2 Å². The van der Waals surface area contributed by atoms with Crippen LogP contribution >= 0.6 is 23.2 Å². The van der Waals surface area contributed by atoms with Crippen LogP contribution in [0.15, 0.2) is 60.7 Å². The van der Waals surface area contributed by atoms with Gasteiger partial charge in [0, 0.05) is 11.6 Å². The van der Waals surface area contributed by atoms with Gasteiger partial charge in [0.15, 0.2) is 11.5 Å². The molecule has 30 heavy (non-hydrogen) atoms. The Bertz CT molecular complexity index is 944. The lowest BCUT2D eigenvalue weighted by molar-refractivity contribution is 0.284. The van der Waals surface area contributed by atoms with Gasteiger partial charge in [0.25, 0.3) is 0 Å².